The molecule has 1 aliphatic heterocycles. The van der Waals surface area contributed by atoms with Gasteiger partial charge in [-0.15, -0.1) is 0 Å². The van der Waals surface area contributed by atoms with E-state index in [2.05, 4.69) is 9.88 Å². The summed E-state index contributed by atoms with van der Waals surface area (Å²) in [6.07, 6.45) is 0. The number of para-hydroxylation sites is 1. The van der Waals surface area contributed by atoms with Crippen LogP contribution in [0, 0.1) is 6.92 Å². The quantitative estimate of drug-likeness (QED) is 0.404. The molecule has 7 heteroatoms. The van der Waals surface area contributed by atoms with Crippen LogP contribution in [0.5, 0.6) is 0 Å². The number of fused-ring (bicyclic) bond motifs is 3. The van der Waals surface area contributed by atoms with Crippen LogP contribution in [0.3, 0.4) is 0 Å². The van der Waals surface area contributed by atoms with Crippen molar-refractivity contribution in [1.82, 2.24) is 9.88 Å². The zero-order valence-corrected chi connectivity index (χ0v) is 20.5. The molecule has 0 saturated heterocycles. The van der Waals surface area contributed by atoms with E-state index in [1.807, 2.05) is 80.7 Å². The number of carbonyl (C=O) groups is 2. The van der Waals surface area contributed by atoms with Crippen LogP contribution >= 0.6 is 23.4 Å². The van der Waals surface area contributed by atoms with Gasteiger partial charge < -0.3 is 9.88 Å². The van der Waals surface area contributed by atoms with Gasteiger partial charge in [0.1, 0.15) is 6.04 Å². The fourth-order valence-electron chi connectivity index (χ4n) is 4.47. The van der Waals surface area contributed by atoms with Gasteiger partial charge in [-0.2, -0.15) is 0 Å². The molecule has 1 aromatic heterocycles. The summed E-state index contributed by atoms with van der Waals surface area (Å²) in [6, 6.07) is 22.4. The highest BCUT2D eigenvalue weighted by molar-refractivity contribution is 8.00. The van der Waals surface area contributed by atoms with Crippen molar-refractivity contribution in [2.75, 3.05) is 10.7 Å². The van der Waals surface area contributed by atoms with Gasteiger partial charge in [-0.1, -0.05) is 78.0 Å². The molecular weight excluding hydrogens is 466 g/mol. The Morgan fingerprint density at radius 1 is 1.09 bits per heavy atom. The van der Waals surface area contributed by atoms with Crippen LogP contribution in [-0.4, -0.2) is 22.1 Å². The molecule has 0 bridgehead atoms. The Morgan fingerprint density at radius 2 is 1.82 bits per heavy atom. The number of anilines is 1. The molecule has 1 atom stereocenters. The number of nitrogens with one attached hydrogen (secondary N) is 1. The van der Waals surface area contributed by atoms with Gasteiger partial charge >= 0.3 is 0 Å². The van der Waals surface area contributed by atoms with Crippen LogP contribution < -0.4 is 10.2 Å². The molecule has 1 aliphatic rings. The predicted octanol–water partition coefficient (Wildman–Crippen LogP) is 5.64. The van der Waals surface area contributed by atoms with Crippen molar-refractivity contribution in [3.63, 3.8) is 0 Å². The third-order valence-electron chi connectivity index (χ3n) is 6.21. The molecule has 2 heterocycles. The van der Waals surface area contributed by atoms with E-state index in [0.717, 1.165) is 32.6 Å². The van der Waals surface area contributed by atoms with Gasteiger partial charge in [0, 0.05) is 40.8 Å². The maximum atomic E-state index is 13.9. The number of nitrogens with zero attached hydrogens (tertiary/aromatic N) is 2. The summed E-state index contributed by atoms with van der Waals surface area (Å²) in [4.78, 5) is 29.0. The highest BCUT2D eigenvalue weighted by Gasteiger charge is 2.39. The highest BCUT2D eigenvalue weighted by Crippen LogP contribution is 2.43. The molecule has 0 spiro atoms. The van der Waals surface area contributed by atoms with E-state index >= 15 is 0 Å². The topological polar surface area (TPSA) is 54.3 Å². The van der Waals surface area contributed by atoms with E-state index in [4.69, 9.17) is 11.6 Å². The number of thioether (sulfide) groups is 1. The Labute approximate surface area is 207 Å². The molecule has 5 nitrogen and oxygen atoms in total. The van der Waals surface area contributed by atoms with Crippen LogP contribution in [0.2, 0.25) is 5.02 Å². The van der Waals surface area contributed by atoms with Gasteiger partial charge in [-0.05, 0) is 36.2 Å². The number of hydrogen-bond donors (Lipinski definition) is 1. The van der Waals surface area contributed by atoms with Gasteiger partial charge in [0.2, 0.25) is 11.8 Å². The number of carbonyl (C=O) groups excluding carboxylic acids is 2. The number of amides is 2. The Bertz CT molecular complexity index is 1400. The van der Waals surface area contributed by atoms with Crippen molar-refractivity contribution >= 4 is 51.8 Å². The molecule has 0 saturated carbocycles. The number of rotatable bonds is 4. The average Bonchev–Trinajstić information content (AvgIpc) is 3.02. The number of benzene rings is 3. The summed E-state index contributed by atoms with van der Waals surface area (Å²) in [5.41, 5.74) is 4.39. The minimum absolute atomic E-state index is 0.134. The maximum absolute atomic E-state index is 13.9. The number of halogens is 1. The molecule has 3 aromatic carbocycles. The van der Waals surface area contributed by atoms with Crippen molar-refractivity contribution in [2.45, 2.75) is 24.5 Å². The second kappa shape index (κ2) is 9.20. The first-order chi connectivity index (χ1) is 16.5. The van der Waals surface area contributed by atoms with Gasteiger partial charge in [0.05, 0.1) is 10.8 Å². The van der Waals surface area contributed by atoms with Crippen molar-refractivity contribution in [2.24, 2.45) is 7.05 Å². The normalized spacial score (nSPS) is 15.8. The molecule has 5 rings (SSSR count). The number of aryl methyl sites for hydroxylation is 2. The summed E-state index contributed by atoms with van der Waals surface area (Å²) < 4.78 is 2.08. The fourth-order valence-corrected chi connectivity index (χ4v) is 5.71. The smallest absolute Gasteiger partial charge is 0.248 e. The van der Waals surface area contributed by atoms with E-state index in [9.17, 15) is 9.59 Å². The summed E-state index contributed by atoms with van der Waals surface area (Å²) in [7, 11) is 1.98. The Kier molecular flexibility index (Phi) is 6.11. The molecule has 0 unspecified atom stereocenters. The van der Waals surface area contributed by atoms with Crippen LogP contribution in [0.1, 0.15) is 22.7 Å². The Morgan fingerprint density at radius 3 is 2.59 bits per heavy atom. The lowest BCUT2D eigenvalue weighted by molar-refractivity contribution is -0.125. The first-order valence-corrected chi connectivity index (χ1v) is 12.4. The van der Waals surface area contributed by atoms with Gasteiger partial charge in [-0.25, -0.2) is 0 Å². The van der Waals surface area contributed by atoms with E-state index in [1.165, 1.54) is 11.8 Å². The lowest BCUT2D eigenvalue weighted by atomic mass is 10.0. The minimum Gasteiger partial charge on any atom is -0.350 e. The first kappa shape index (κ1) is 22.6. The molecule has 172 valence electrons. The monoisotopic (exact) mass is 489 g/mol. The summed E-state index contributed by atoms with van der Waals surface area (Å²) in [6.45, 7) is 2.29. The largest absolute Gasteiger partial charge is 0.350 e. The number of hydrogen-bond acceptors (Lipinski definition) is 3. The van der Waals surface area contributed by atoms with Crippen LogP contribution in [-0.2, 0) is 23.2 Å². The maximum Gasteiger partial charge on any atom is 0.248 e. The minimum atomic E-state index is -0.828. The summed E-state index contributed by atoms with van der Waals surface area (Å²) in [5, 5.41) is 5.52. The van der Waals surface area contributed by atoms with Crippen molar-refractivity contribution in [3.8, 4) is 0 Å². The van der Waals surface area contributed by atoms with Crippen LogP contribution in [0.15, 0.2) is 77.8 Å². The molecular formula is C27H24ClN3O2S. The van der Waals surface area contributed by atoms with Gasteiger partial charge in [-0.3, -0.25) is 14.5 Å². The highest BCUT2D eigenvalue weighted by atomic mass is 35.5. The van der Waals surface area contributed by atoms with E-state index in [1.54, 1.807) is 11.0 Å². The standard InChI is InChI=1S/C27H24ClN3O2S/c1-17-12-13-19(14-21(17)28)31-23(32)16-34-27-24(20-10-6-7-11-22(20)30(27)2)25(31)26(33)29-15-18-8-4-3-5-9-18/h3-14,25H,15-16H2,1-2H3,(H,29,33)/t25-/m1/s1. The molecule has 34 heavy (non-hydrogen) atoms. The van der Waals surface area contributed by atoms with Crippen molar-refractivity contribution in [3.05, 3.63) is 94.5 Å². The zero-order valence-electron chi connectivity index (χ0n) is 18.9. The SMILES string of the molecule is Cc1ccc(N2C(=O)CSc3c(c4ccccc4n3C)[C@@H]2C(=O)NCc2ccccc2)cc1Cl. The second-order valence-electron chi connectivity index (χ2n) is 8.39. The van der Waals surface area contributed by atoms with Crippen molar-refractivity contribution in [1.29, 1.82) is 0 Å². The molecule has 4 aromatic rings. The lowest BCUT2D eigenvalue weighted by Crippen LogP contribution is -2.43. The van der Waals surface area contributed by atoms with Crippen LogP contribution in [0.25, 0.3) is 10.9 Å². The third-order valence-corrected chi connectivity index (χ3v) is 7.78. The molecule has 0 aliphatic carbocycles. The molecule has 0 radical (unpaired) electrons. The van der Waals surface area contributed by atoms with E-state index < -0.39 is 6.04 Å². The zero-order chi connectivity index (χ0) is 23.8. The Hall–Kier alpha value is -3.22. The number of aromatic nitrogens is 1. The summed E-state index contributed by atoms with van der Waals surface area (Å²) >= 11 is 7.91. The second-order valence-corrected chi connectivity index (χ2v) is 9.76. The predicted molar refractivity (Wildman–Crippen MR) is 138 cm³/mol. The molecule has 0 fully saturated rings. The average molecular weight is 490 g/mol. The van der Waals surface area contributed by atoms with Crippen LogP contribution in [0.4, 0.5) is 5.69 Å². The first-order valence-electron chi connectivity index (χ1n) is 11.1. The van der Waals surface area contributed by atoms with E-state index in [-0.39, 0.29) is 17.6 Å². The summed E-state index contributed by atoms with van der Waals surface area (Å²) in [5.74, 6) is -0.135. The molecule has 1 N–H and O–H groups in total. The molecule has 2 amide bonds. The fraction of sp³-hybridized carbons (Fsp3) is 0.185. The van der Waals surface area contributed by atoms with Gasteiger partial charge in [0.15, 0.2) is 0 Å². The third kappa shape index (κ3) is 3.97. The lowest BCUT2D eigenvalue weighted by Gasteiger charge is -2.30. The van der Waals surface area contributed by atoms with Gasteiger partial charge in [0.25, 0.3) is 0 Å². The Balaban J connectivity index is 1.66. The van der Waals surface area contributed by atoms with E-state index in [0.29, 0.717) is 17.3 Å². The van der Waals surface area contributed by atoms with Crippen molar-refractivity contribution < 1.29 is 9.59 Å².